The number of halogens is 1. The topological polar surface area (TPSA) is 70.7 Å². The molecule has 0 spiro atoms. The number of para-hydroxylation sites is 1. The van der Waals surface area contributed by atoms with Crippen molar-refractivity contribution in [1.82, 2.24) is 15.8 Å². The lowest BCUT2D eigenvalue weighted by atomic mass is 10.1. The largest absolute Gasteiger partial charge is 0.496 e. The van der Waals surface area contributed by atoms with Gasteiger partial charge in [-0.1, -0.05) is 54.2 Å². The van der Waals surface area contributed by atoms with Crippen molar-refractivity contribution in [3.8, 4) is 5.75 Å². The summed E-state index contributed by atoms with van der Waals surface area (Å²) in [5.74, 6) is -0.0000428. The van der Waals surface area contributed by atoms with E-state index in [4.69, 9.17) is 4.74 Å². The van der Waals surface area contributed by atoms with Crippen LogP contribution in [0.5, 0.6) is 5.75 Å². The fourth-order valence-electron chi connectivity index (χ4n) is 3.27. The Morgan fingerprint density at radius 2 is 1.93 bits per heavy atom. The molecule has 2 aromatic carbocycles. The molecule has 2 unspecified atom stereocenters. The second kappa shape index (κ2) is 8.73. The summed E-state index contributed by atoms with van der Waals surface area (Å²) >= 11 is 1.27. The van der Waals surface area contributed by atoms with Gasteiger partial charge in [0.1, 0.15) is 17.6 Å². The number of hydrazine groups is 1. The van der Waals surface area contributed by atoms with E-state index in [0.717, 1.165) is 16.9 Å². The zero-order valence-corrected chi connectivity index (χ0v) is 17.0. The van der Waals surface area contributed by atoms with Crippen molar-refractivity contribution in [3.05, 3.63) is 82.5 Å². The highest BCUT2D eigenvalue weighted by atomic mass is 32.2. The summed E-state index contributed by atoms with van der Waals surface area (Å²) in [6.45, 7) is 0. The molecule has 2 heterocycles. The van der Waals surface area contributed by atoms with Crippen LogP contribution < -0.4 is 15.5 Å². The average Bonchev–Trinajstić information content (AvgIpc) is 3.05. The second-order valence-electron chi connectivity index (χ2n) is 6.80. The first-order chi connectivity index (χ1) is 14.5. The molecule has 2 aromatic rings. The smallest absolute Gasteiger partial charge is 0.277 e. The molecule has 8 heteroatoms. The number of hydrogen-bond acceptors (Lipinski definition) is 5. The van der Waals surface area contributed by atoms with Gasteiger partial charge in [0.25, 0.3) is 5.91 Å². The molecule has 2 amide bonds. The van der Waals surface area contributed by atoms with E-state index < -0.39 is 11.5 Å². The van der Waals surface area contributed by atoms with Crippen molar-refractivity contribution in [1.29, 1.82) is 0 Å². The van der Waals surface area contributed by atoms with Crippen LogP contribution in [0.1, 0.15) is 11.1 Å². The summed E-state index contributed by atoms with van der Waals surface area (Å²) in [5.41, 5.74) is 4.21. The molecule has 154 valence electrons. The number of nitrogens with zero attached hydrogens (tertiary/aromatic N) is 1. The summed E-state index contributed by atoms with van der Waals surface area (Å²) in [6.07, 6.45) is 5.72. The van der Waals surface area contributed by atoms with Gasteiger partial charge in [-0.25, -0.2) is 14.8 Å². The predicted molar refractivity (Wildman–Crippen MR) is 114 cm³/mol. The van der Waals surface area contributed by atoms with Crippen molar-refractivity contribution < 1.29 is 18.7 Å². The predicted octanol–water partition coefficient (Wildman–Crippen LogP) is 2.84. The number of thioether (sulfide) groups is 1. The van der Waals surface area contributed by atoms with Crippen LogP contribution in [0.25, 0.3) is 6.08 Å². The van der Waals surface area contributed by atoms with Crippen LogP contribution in [-0.4, -0.2) is 35.5 Å². The van der Waals surface area contributed by atoms with Crippen molar-refractivity contribution >= 4 is 29.7 Å². The molecule has 2 fully saturated rings. The van der Waals surface area contributed by atoms with E-state index in [1.165, 1.54) is 28.9 Å². The van der Waals surface area contributed by atoms with E-state index in [2.05, 4.69) is 10.7 Å². The Morgan fingerprint density at radius 3 is 2.70 bits per heavy atom. The van der Waals surface area contributed by atoms with Gasteiger partial charge in [-0.05, 0) is 36.3 Å². The van der Waals surface area contributed by atoms with Crippen molar-refractivity contribution in [2.24, 2.45) is 0 Å². The third-order valence-electron chi connectivity index (χ3n) is 4.80. The third-order valence-corrected chi connectivity index (χ3v) is 5.91. The molecule has 2 aliphatic rings. The van der Waals surface area contributed by atoms with E-state index >= 15 is 0 Å². The Hall–Kier alpha value is -3.10. The Morgan fingerprint density at radius 1 is 1.17 bits per heavy atom. The summed E-state index contributed by atoms with van der Waals surface area (Å²) in [7, 11) is 1.61. The summed E-state index contributed by atoms with van der Waals surface area (Å²) < 4.78 is 18.4. The first-order valence-corrected chi connectivity index (χ1v) is 10.3. The summed E-state index contributed by atoms with van der Waals surface area (Å²) in [6, 6.07) is 12.9. The molecule has 6 nitrogen and oxygen atoms in total. The summed E-state index contributed by atoms with van der Waals surface area (Å²) in [5, 5.41) is 4.29. The van der Waals surface area contributed by atoms with E-state index in [-0.39, 0.29) is 17.6 Å². The average molecular weight is 425 g/mol. The number of amides is 2. The Balaban J connectivity index is 1.45. The number of benzene rings is 2. The maximum Gasteiger partial charge on any atom is 0.277 e. The van der Waals surface area contributed by atoms with Crippen LogP contribution in [-0.2, 0) is 16.0 Å². The molecule has 0 saturated carbocycles. The standard InChI is InChI=1S/C22H20FN3O3S/c1-29-18-7-3-2-5-15(18)6-4-8-19-21(28)26-22(30-19)24-20(27)17(25-26)13-14-9-11-16(23)12-10-14/h2-12,17,22,25H,13H2,1H3,(H,24,27)/b6-4+,19-8-. The molecular formula is C22H20FN3O3S. The number of carbonyl (C=O) groups excluding carboxylic acids is 2. The number of ether oxygens (including phenoxy) is 1. The zero-order chi connectivity index (χ0) is 21.1. The van der Waals surface area contributed by atoms with Crippen molar-refractivity contribution in [2.45, 2.75) is 18.0 Å². The van der Waals surface area contributed by atoms with Crippen molar-refractivity contribution in [2.75, 3.05) is 7.11 Å². The normalized spacial score (nSPS) is 22.5. The molecular weight excluding hydrogens is 405 g/mol. The van der Waals surface area contributed by atoms with Gasteiger partial charge in [0, 0.05) is 5.56 Å². The van der Waals surface area contributed by atoms with E-state index in [9.17, 15) is 14.0 Å². The zero-order valence-electron chi connectivity index (χ0n) is 16.2. The van der Waals surface area contributed by atoms with Crippen LogP contribution in [0.3, 0.4) is 0 Å². The number of carbonyl (C=O) groups is 2. The van der Waals surface area contributed by atoms with Gasteiger partial charge in [-0.3, -0.25) is 9.59 Å². The van der Waals surface area contributed by atoms with Gasteiger partial charge in [0.05, 0.1) is 12.0 Å². The highest BCUT2D eigenvalue weighted by Gasteiger charge is 2.43. The lowest BCUT2D eigenvalue weighted by Crippen LogP contribution is -2.65. The SMILES string of the molecule is COc1ccccc1/C=C/C=C1\SC2NC(=O)C(Cc3ccc(F)cc3)NN2C1=O. The van der Waals surface area contributed by atoms with Gasteiger partial charge in [0.2, 0.25) is 5.91 Å². The fourth-order valence-corrected chi connectivity index (χ4v) is 4.30. The number of fused-ring (bicyclic) bond motifs is 1. The monoisotopic (exact) mass is 425 g/mol. The quantitative estimate of drug-likeness (QED) is 0.721. The molecule has 0 bridgehead atoms. The van der Waals surface area contributed by atoms with Crippen molar-refractivity contribution in [3.63, 3.8) is 0 Å². The minimum Gasteiger partial charge on any atom is -0.496 e. The lowest BCUT2D eigenvalue weighted by molar-refractivity contribution is -0.139. The Kier molecular flexibility index (Phi) is 5.87. The first kappa shape index (κ1) is 20.2. The lowest BCUT2D eigenvalue weighted by Gasteiger charge is -2.34. The molecule has 2 N–H and O–H groups in total. The van der Waals surface area contributed by atoms with Crippen LogP contribution >= 0.6 is 11.8 Å². The Bertz CT molecular complexity index is 1020. The Labute approximate surface area is 177 Å². The van der Waals surface area contributed by atoms with Crippen LogP contribution in [0.4, 0.5) is 4.39 Å². The molecule has 0 aromatic heterocycles. The van der Waals surface area contributed by atoms with Gasteiger partial charge >= 0.3 is 0 Å². The molecule has 2 atom stereocenters. The van der Waals surface area contributed by atoms with Crippen LogP contribution in [0.2, 0.25) is 0 Å². The van der Waals surface area contributed by atoms with Gasteiger partial charge < -0.3 is 10.1 Å². The van der Waals surface area contributed by atoms with Crippen LogP contribution in [0, 0.1) is 5.82 Å². The number of methoxy groups -OCH3 is 1. The minimum absolute atomic E-state index is 0.202. The molecule has 4 rings (SSSR count). The van der Waals surface area contributed by atoms with Gasteiger partial charge in [0.15, 0.2) is 5.50 Å². The molecule has 2 saturated heterocycles. The molecule has 0 radical (unpaired) electrons. The molecule has 30 heavy (non-hydrogen) atoms. The molecule has 0 aliphatic carbocycles. The minimum atomic E-state index is -0.611. The van der Waals surface area contributed by atoms with Gasteiger partial charge in [-0.15, -0.1) is 0 Å². The maximum absolute atomic E-state index is 13.1. The first-order valence-electron chi connectivity index (χ1n) is 9.38. The van der Waals surface area contributed by atoms with Crippen LogP contribution in [0.15, 0.2) is 65.6 Å². The summed E-state index contributed by atoms with van der Waals surface area (Å²) in [4.78, 5) is 25.7. The van der Waals surface area contributed by atoms with E-state index in [1.54, 1.807) is 31.4 Å². The van der Waals surface area contributed by atoms with E-state index in [1.807, 2.05) is 30.3 Å². The highest BCUT2D eigenvalue weighted by Crippen LogP contribution is 2.34. The maximum atomic E-state index is 13.1. The van der Waals surface area contributed by atoms with Gasteiger partial charge in [-0.2, -0.15) is 0 Å². The van der Waals surface area contributed by atoms with E-state index in [0.29, 0.717) is 11.3 Å². The number of nitrogens with one attached hydrogen (secondary N) is 2. The number of allylic oxidation sites excluding steroid dienone is 2. The second-order valence-corrected chi connectivity index (χ2v) is 7.92. The third kappa shape index (κ3) is 4.24. The molecule has 2 aliphatic heterocycles. The number of hydrogen-bond donors (Lipinski definition) is 2. The number of rotatable bonds is 5. The fraction of sp³-hybridized carbons (Fsp3) is 0.182. The highest BCUT2D eigenvalue weighted by molar-refractivity contribution is 8.05.